The number of rotatable bonds is 5. The third-order valence-corrected chi connectivity index (χ3v) is 4.58. The van der Waals surface area contributed by atoms with E-state index >= 15 is 0 Å². The van der Waals surface area contributed by atoms with E-state index in [9.17, 15) is 22.8 Å². The molecule has 156 valence electrons. The number of benzene rings is 2. The molecule has 30 heavy (non-hydrogen) atoms. The number of carbonyl (C=O) groups excluding carboxylic acids is 1. The Balaban J connectivity index is 1.97. The Bertz CT molecular complexity index is 1130. The minimum atomic E-state index is -4.48. The van der Waals surface area contributed by atoms with Gasteiger partial charge < -0.3 is 4.74 Å². The van der Waals surface area contributed by atoms with Crippen LogP contribution in [-0.2, 0) is 22.1 Å². The zero-order valence-electron chi connectivity index (χ0n) is 15.6. The Labute approximate surface area is 173 Å². The van der Waals surface area contributed by atoms with Crippen molar-refractivity contribution in [3.63, 3.8) is 0 Å². The summed E-state index contributed by atoms with van der Waals surface area (Å²) in [6.45, 7) is 0. The van der Waals surface area contributed by atoms with Crippen molar-refractivity contribution < 1.29 is 22.7 Å². The Morgan fingerprint density at radius 2 is 1.83 bits per heavy atom. The van der Waals surface area contributed by atoms with Gasteiger partial charge in [0.1, 0.15) is 5.82 Å². The first-order valence-corrected chi connectivity index (χ1v) is 9.07. The Hall–Kier alpha value is -3.20. The number of alkyl halides is 3. The number of hydrogen-bond acceptors (Lipinski definition) is 5. The second kappa shape index (κ2) is 8.66. The van der Waals surface area contributed by atoms with Crippen molar-refractivity contribution in [1.82, 2.24) is 15.0 Å². The molecule has 0 radical (unpaired) electrons. The predicted octanol–water partition coefficient (Wildman–Crippen LogP) is 4.28. The summed E-state index contributed by atoms with van der Waals surface area (Å²) in [7, 11) is 1.30. The maximum atomic E-state index is 12.8. The molecule has 0 unspecified atom stereocenters. The molecule has 1 aromatic heterocycles. The van der Waals surface area contributed by atoms with E-state index < -0.39 is 17.4 Å². The largest absolute Gasteiger partial charge is 0.469 e. The van der Waals surface area contributed by atoms with Crippen molar-refractivity contribution >= 4 is 17.6 Å². The fourth-order valence-corrected chi connectivity index (χ4v) is 2.91. The second-order valence-electron chi connectivity index (χ2n) is 6.29. The topological polar surface area (TPSA) is 84.9 Å². The van der Waals surface area contributed by atoms with Crippen LogP contribution in [0.4, 0.5) is 13.2 Å². The number of hydrogen-bond donors (Lipinski definition) is 1. The first-order chi connectivity index (χ1) is 14.2. The molecule has 0 spiro atoms. The normalized spacial score (nSPS) is 11.4. The van der Waals surface area contributed by atoms with E-state index in [4.69, 9.17) is 11.6 Å². The van der Waals surface area contributed by atoms with Crippen LogP contribution in [0.25, 0.3) is 22.8 Å². The van der Waals surface area contributed by atoms with Gasteiger partial charge in [-0.25, -0.2) is 9.78 Å². The molecule has 3 aromatic rings. The van der Waals surface area contributed by atoms with Crippen LogP contribution >= 0.6 is 11.6 Å². The summed E-state index contributed by atoms with van der Waals surface area (Å²) < 4.78 is 42.9. The van der Waals surface area contributed by atoms with Crippen LogP contribution in [0.2, 0.25) is 5.02 Å². The summed E-state index contributed by atoms with van der Waals surface area (Å²) >= 11 is 6.24. The lowest BCUT2D eigenvalue weighted by Crippen LogP contribution is -2.14. The van der Waals surface area contributed by atoms with Gasteiger partial charge in [0, 0.05) is 17.5 Å². The van der Waals surface area contributed by atoms with E-state index in [1.54, 1.807) is 18.2 Å². The molecule has 3 rings (SSSR count). The predicted molar refractivity (Wildman–Crippen MR) is 104 cm³/mol. The van der Waals surface area contributed by atoms with Crippen molar-refractivity contribution in [2.24, 2.45) is 0 Å². The van der Waals surface area contributed by atoms with E-state index in [0.29, 0.717) is 17.0 Å². The van der Waals surface area contributed by atoms with Crippen molar-refractivity contribution in [2.75, 3.05) is 7.11 Å². The molecule has 0 aliphatic heterocycles. The number of carbonyl (C=O) groups is 1. The fraction of sp³-hybridized carbons (Fsp3) is 0.200. The Morgan fingerprint density at radius 3 is 2.47 bits per heavy atom. The van der Waals surface area contributed by atoms with Gasteiger partial charge in [-0.05, 0) is 36.2 Å². The summed E-state index contributed by atoms with van der Waals surface area (Å²) in [6, 6.07) is 9.15. The van der Waals surface area contributed by atoms with Gasteiger partial charge in [0.05, 0.1) is 17.7 Å². The van der Waals surface area contributed by atoms with Gasteiger partial charge in [0.2, 0.25) is 0 Å². The van der Waals surface area contributed by atoms with Gasteiger partial charge >= 0.3 is 17.8 Å². The maximum absolute atomic E-state index is 12.8. The summed E-state index contributed by atoms with van der Waals surface area (Å²) in [4.78, 5) is 33.9. The molecule has 0 bridgehead atoms. The van der Waals surface area contributed by atoms with Gasteiger partial charge in [0.15, 0.2) is 5.82 Å². The first-order valence-electron chi connectivity index (χ1n) is 8.69. The zero-order valence-corrected chi connectivity index (χ0v) is 16.3. The Kier molecular flexibility index (Phi) is 6.21. The molecule has 0 saturated carbocycles. The van der Waals surface area contributed by atoms with Crippen LogP contribution in [0.3, 0.4) is 0 Å². The number of aryl methyl sites for hydroxylation is 1. The summed E-state index contributed by atoms with van der Waals surface area (Å²) in [5, 5.41) is 0.296. The van der Waals surface area contributed by atoms with Crippen LogP contribution in [-0.4, -0.2) is 28.0 Å². The van der Waals surface area contributed by atoms with Crippen molar-refractivity contribution in [1.29, 1.82) is 0 Å². The minimum absolute atomic E-state index is 0.0431. The van der Waals surface area contributed by atoms with Crippen molar-refractivity contribution in [2.45, 2.75) is 19.0 Å². The molecular weight excluding hydrogens is 423 g/mol. The number of ether oxygens (including phenoxy) is 1. The third kappa shape index (κ3) is 5.04. The molecule has 0 fully saturated rings. The highest BCUT2D eigenvalue weighted by Crippen LogP contribution is 2.31. The quantitative estimate of drug-likeness (QED) is 0.602. The lowest BCUT2D eigenvalue weighted by atomic mass is 10.1. The second-order valence-corrected chi connectivity index (χ2v) is 6.70. The molecule has 0 saturated heterocycles. The van der Waals surface area contributed by atoms with Gasteiger partial charge in [-0.2, -0.15) is 18.2 Å². The van der Waals surface area contributed by atoms with Crippen LogP contribution in [0.1, 0.15) is 17.5 Å². The number of esters is 1. The average molecular weight is 438 g/mol. The first kappa shape index (κ1) is 21.5. The van der Waals surface area contributed by atoms with Gasteiger partial charge in [-0.3, -0.25) is 9.78 Å². The molecule has 0 aliphatic carbocycles. The van der Waals surface area contributed by atoms with E-state index in [1.165, 1.54) is 19.2 Å². The van der Waals surface area contributed by atoms with Gasteiger partial charge in [-0.15, -0.1) is 0 Å². The highest BCUT2D eigenvalue weighted by atomic mass is 35.5. The lowest BCUT2D eigenvalue weighted by Gasteiger charge is -2.09. The molecule has 6 nitrogen and oxygen atoms in total. The molecule has 10 heteroatoms. The van der Waals surface area contributed by atoms with Gasteiger partial charge in [-0.1, -0.05) is 29.8 Å². The van der Waals surface area contributed by atoms with E-state index in [1.807, 2.05) is 0 Å². The van der Waals surface area contributed by atoms with Crippen LogP contribution in [0, 0.1) is 0 Å². The minimum Gasteiger partial charge on any atom is -0.469 e. The van der Waals surface area contributed by atoms with Gasteiger partial charge in [0.25, 0.3) is 0 Å². The molecule has 0 amide bonds. The zero-order chi connectivity index (χ0) is 21.9. The standard InChI is InChI=1S/C20H15ClF3N3O3/c1-30-16(28)9-3-11-2-8-15(21)14(10-11)18-25-17(26-19(29)27-18)12-4-6-13(7-5-12)20(22,23)24/h2,4-8,10H,3,9H2,1H3,(H,25,26,27,29). The molecule has 2 aromatic carbocycles. The monoisotopic (exact) mass is 437 g/mol. The maximum Gasteiger partial charge on any atom is 0.416 e. The number of nitrogens with one attached hydrogen (secondary N) is 1. The molecule has 1 N–H and O–H groups in total. The SMILES string of the molecule is COC(=O)CCc1ccc(Cl)c(-c2nc(-c3ccc(C(F)(F)F)cc3)nc(=O)[nH]2)c1. The molecule has 1 heterocycles. The number of H-pyrrole nitrogens is 1. The number of nitrogens with zero attached hydrogens (tertiary/aromatic N) is 2. The number of aromatic amines is 1. The highest BCUT2D eigenvalue weighted by Gasteiger charge is 2.30. The van der Waals surface area contributed by atoms with E-state index in [-0.39, 0.29) is 29.6 Å². The van der Waals surface area contributed by atoms with Crippen LogP contribution in [0.15, 0.2) is 47.3 Å². The summed E-state index contributed by atoms with van der Waals surface area (Å²) in [6.07, 6.45) is -3.93. The molecular formula is C20H15ClF3N3O3. The van der Waals surface area contributed by atoms with Crippen molar-refractivity contribution in [3.05, 3.63) is 69.1 Å². The van der Waals surface area contributed by atoms with Crippen LogP contribution < -0.4 is 5.69 Å². The molecule has 0 atom stereocenters. The number of halogens is 4. The fourth-order valence-electron chi connectivity index (χ4n) is 2.71. The van der Waals surface area contributed by atoms with E-state index in [0.717, 1.165) is 17.7 Å². The van der Waals surface area contributed by atoms with E-state index in [2.05, 4.69) is 19.7 Å². The molecule has 0 aliphatic rings. The average Bonchev–Trinajstić information content (AvgIpc) is 2.72. The Morgan fingerprint density at radius 1 is 1.13 bits per heavy atom. The summed E-state index contributed by atoms with van der Waals surface area (Å²) in [5.41, 5.74) is -0.154. The lowest BCUT2D eigenvalue weighted by molar-refractivity contribution is -0.140. The highest BCUT2D eigenvalue weighted by molar-refractivity contribution is 6.33. The third-order valence-electron chi connectivity index (χ3n) is 4.25. The number of methoxy groups -OCH3 is 1. The summed E-state index contributed by atoms with van der Waals surface area (Å²) in [5.74, 6) is -0.306. The van der Waals surface area contributed by atoms with Crippen molar-refractivity contribution in [3.8, 4) is 22.8 Å². The number of aromatic nitrogens is 3. The smallest absolute Gasteiger partial charge is 0.416 e. The van der Waals surface area contributed by atoms with Crippen LogP contribution in [0.5, 0.6) is 0 Å².